The fourth-order valence-electron chi connectivity index (χ4n) is 1.95. The summed E-state index contributed by atoms with van der Waals surface area (Å²) < 4.78 is 26.2. The van der Waals surface area contributed by atoms with Crippen LogP contribution in [-0.2, 0) is 6.42 Å². The third-order valence-electron chi connectivity index (χ3n) is 2.98. The van der Waals surface area contributed by atoms with Crippen molar-refractivity contribution in [2.45, 2.75) is 25.8 Å². The van der Waals surface area contributed by atoms with E-state index in [4.69, 9.17) is 0 Å². The summed E-state index contributed by atoms with van der Waals surface area (Å²) in [6.07, 6.45) is 5.28. The lowest BCUT2D eigenvalue weighted by atomic mass is 10.1. The van der Waals surface area contributed by atoms with Crippen LogP contribution in [0.1, 0.15) is 30.8 Å². The van der Waals surface area contributed by atoms with Crippen LogP contribution >= 0.6 is 0 Å². The predicted octanol–water partition coefficient (Wildman–Crippen LogP) is 2.97. The zero-order chi connectivity index (χ0) is 13.7. The molecule has 1 heterocycles. The van der Waals surface area contributed by atoms with Gasteiger partial charge < -0.3 is 10.3 Å². The summed E-state index contributed by atoms with van der Waals surface area (Å²) in [5.41, 5.74) is 0.621. The quantitative estimate of drug-likeness (QED) is 0.788. The summed E-state index contributed by atoms with van der Waals surface area (Å²) in [6, 6.07) is 3.51. The Kier molecular flexibility index (Phi) is 4.63. The number of halogens is 2. The van der Waals surface area contributed by atoms with Crippen molar-refractivity contribution in [2.24, 2.45) is 0 Å². The van der Waals surface area contributed by atoms with Gasteiger partial charge in [-0.25, -0.2) is 13.8 Å². The first kappa shape index (κ1) is 13.7. The number of hydrogen-bond acceptors (Lipinski definition) is 2. The monoisotopic (exact) mass is 265 g/mol. The van der Waals surface area contributed by atoms with Gasteiger partial charge in [-0.15, -0.1) is 0 Å². The lowest BCUT2D eigenvalue weighted by Gasteiger charge is -2.14. The Balaban J connectivity index is 1.79. The Labute approximate surface area is 111 Å². The molecule has 19 heavy (non-hydrogen) atoms. The van der Waals surface area contributed by atoms with Gasteiger partial charge in [-0.1, -0.05) is 0 Å². The van der Waals surface area contributed by atoms with Gasteiger partial charge in [-0.2, -0.15) is 0 Å². The van der Waals surface area contributed by atoms with Gasteiger partial charge in [0.2, 0.25) is 0 Å². The van der Waals surface area contributed by atoms with Crippen molar-refractivity contribution in [3.8, 4) is 0 Å². The second kappa shape index (κ2) is 6.43. The minimum atomic E-state index is -0.542. The van der Waals surface area contributed by atoms with E-state index in [-0.39, 0.29) is 6.04 Å². The molecule has 0 radical (unpaired) electrons. The third kappa shape index (κ3) is 4.13. The molecule has 0 aliphatic heterocycles. The third-order valence-corrected chi connectivity index (χ3v) is 2.98. The zero-order valence-corrected chi connectivity index (χ0v) is 10.8. The standard InChI is InChI=1S/C14H17F2N3/c1-10(11-7-12(15)9-13(16)8-11)17-4-2-3-14-18-5-6-19-14/h5-10,17H,2-4H2,1H3,(H,18,19). The molecule has 0 saturated heterocycles. The summed E-state index contributed by atoms with van der Waals surface area (Å²) in [6.45, 7) is 2.65. The molecule has 0 amide bonds. The minimum Gasteiger partial charge on any atom is -0.349 e. The molecule has 0 bridgehead atoms. The Morgan fingerprint density at radius 2 is 2.00 bits per heavy atom. The van der Waals surface area contributed by atoms with Crippen LogP contribution in [0.4, 0.5) is 8.78 Å². The average Bonchev–Trinajstić information content (AvgIpc) is 2.86. The van der Waals surface area contributed by atoms with E-state index in [9.17, 15) is 8.78 Å². The van der Waals surface area contributed by atoms with E-state index < -0.39 is 11.6 Å². The largest absolute Gasteiger partial charge is 0.349 e. The number of aromatic amines is 1. The highest BCUT2D eigenvalue weighted by molar-refractivity contribution is 5.20. The molecule has 1 aromatic heterocycles. The lowest BCUT2D eigenvalue weighted by Crippen LogP contribution is -2.20. The molecule has 0 spiro atoms. The molecule has 2 rings (SSSR count). The van der Waals surface area contributed by atoms with Crippen LogP contribution in [0.5, 0.6) is 0 Å². The Hall–Kier alpha value is -1.75. The number of imidazole rings is 1. The smallest absolute Gasteiger partial charge is 0.126 e. The highest BCUT2D eigenvalue weighted by Crippen LogP contribution is 2.15. The van der Waals surface area contributed by atoms with Gasteiger partial charge in [0.05, 0.1) is 0 Å². The first-order valence-electron chi connectivity index (χ1n) is 6.33. The molecule has 0 aliphatic carbocycles. The van der Waals surface area contributed by atoms with E-state index in [1.54, 1.807) is 12.4 Å². The highest BCUT2D eigenvalue weighted by atomic mass is 19.1. The summed E-state index contributed by atoms with van der Waals surface area (Å²) >= 11 is 0. The van der Waals surface area contributed by atoms with Crippen LogP contribution in [0.15, 0.2) is 30.6 Å². The van der Waals surface area contributed by atoms with Crippen LogP contribution in [0.25, 0.3) is 0 Å². The molecule has 1 atom stereocenters. The number of aromatic nitrogens is 2. The van der Waals surface area contributed by atoms with Crippen LogP contribution in [0.2, 0.25) is 0 Å². The molecule has 5 heteroatoms. The number of nitrogens with zero attached hydrogens (tertiary/aromatic N) is 1. The van der Waals surface area contributed by atoms with Crippen molar-refractivity contribution in [2.75, 3.05) is 6.54 Å². The topological polar surface area (TPSA) is 40.7 Å². The van der Waals surface area contributed by atoms with Gasteiger partial charge in [0.1, 0.15) is 17.5 Å². The van der Waals surface area contributed by atoms with Gasteiger partial charge in [-0.3, -0.25) is 0 Å². The lowest BCUT2D eigenvalue weighted by molar-refractivity contribution is 0.536. The average molecular weight is 265 g/mol. The van der Waals surface area contributed by atoms with Crippen LogP contribution in [0.3, 0.4) is 0 Å². The second-order valence-corrected chi connectivity index (χ2v) is 4.52. The van der Waals surface area contributed by atoms with Gasteiger partial charge in [0, 0.05) is 30.9 Å². The van der Waals surface area contributed by atoms with Crippen LogP contribution < -0.4 is 5.32 Å². The van der Waals surface area contributed by atoms with Crippen molar-refractivity contribution in [3.63, 3.8) is 0 Å². The predicted molar refractivity (Wildman–Crippen MR) is 69.7 cm³/mol. The molecule has 3 nitrogen and oxygen atoms in total. The number of nitrogens with one attached hydrogen (secondary N) is 2. The molecular weight excluding hydrogens is 248 g/mol. The van der Waals surface area contributed by atoms with E-state index >= 15 is 0 Å². The molecule has 1 unspecified atom stereocenters. The Bertz CT molecular complexity index is 491. The summed E-state index contributed by atoms with van der Waals surface area (Å²) in [5.74, 6) is -0.135. The van der Waals surface area contributed by atoms with Crippen molar-refractivity contribution in [3.05, 3.63) is 53.6 Å². The Morgan fingerprint density at radius 3 is 2.63 bits per heavy atom. The Morgan fingerprint density at radius 1 is 1.26 bits per heavy atom. The summed E-state index contributed by atoms with van der Waals surface area (Å²) in [7, 11) is 0. The first-order valence-corrected chi connectivity index (χ1v) is 6.33. The van der Waals surface area contributed by atoms with E-state index in [2.05, 4.69) is 15.3 Å². The van der Waals surface area contributed by atoms with E-state index in [1.807, 2.05) is 6.92 Å². The number of rotatable bonds is 6. The van der Waals surface area contributed by atoms with Crippen molar-refractivity contribution in [1.82, 2.24) is 15.3 Å². The minimum absolute atomic E-state index is 0.0817. The normalized spacial score (nSPS) is 12.6. The molecule has 0 aliphatic rings. The number of aryl methyl sites for hydroxylation is 1. The molecule has 0 saturated carbocycles. The fraction of sp³-hybridized carbons (Fsp3) is 0.357. The maximum Gasteiger partial charge on any atom is 0.126 e. The highest BCUT2D eigenvalue weighted by Gasteiger charge is 2.08. The zero-order valence-electron chi connectivity index (χ0n) is 10.8. The van der Waals surface area contributed by atoms with Crippen LogP contribution in [-0.4, -0.2) is 16.5 Å². The van der Waals surface area contributed by atoms with Gasteiger partial charge in [0.15, 0.2) is 0 Å². The van der Waals surface area contributed by atoms with Gasteiger partial charge >= 0.3 is 0 Å². The SMILES string of the molecule is CC(NCCCc1ncc[nH]1)c1cc(F)cc(F)c1. The molecule has 0 fully saturated rings. The van der Waals surface area contributed by atoms with Crippen molar-refractivity contribution >= 4 is 0 Å². The molecule has 102 valence electrons. The number of hydrogen-bond donors (Lipinski definition) is 2. The summed E-state index contributed by atoms with van der Waals surface area (Å²) in [5, 5.41) is 3.24. The van der Waals surface area contributed by atoms with Crippen molar-refractivity contribution < 1.29 is 8.78 Å². The molecule has 2 aromatic rings. The van der Waals surface area contributed by atoms with Gasteiger partial charge in [0.25, 0.3) is 0 Å². The maximum atomic E-state index is 13.1. The van der Waals surface area contributed by atoms with Crippen LogP contribution in [0, 0.1) is 11.6 Å². The van der Waals surface area contributed by atoms with E-state index in [0.717, 1.165) is 31.3 Å². The molecule has 2 N–H and O–H groups in total. The molecular formula is C14H17F2N3. The fourth-order valence-corrected chi connectivity index (χ4v) is 1.95. The van der Waals surface area contributed by atoms with E-state index in [1.165, 1.54) is 12.1 Å². The number of H-pyrrole nitrogens is 1. The first-order chi connectivity index (χ1) is 9.15. The molecule has 1 aromatic carbocycles. The second-order valence-electron chi connectivity index (χ2n) is 4.52. The van der Waals surface area contributed by atoms with Gasteiger partial charge in [-0.05, 0) is 37.6 Å². The summed E-state index contributed by atoms with van der Waals surface area (Å²) in [4.78, 5) is 7.17. The maximum absolute atomic E-state index is 13.1. The van der Waals surface area contributed by atoms with E-state index in [0.29, 0.717) is 5.56 Å². The number of benzene rings is 1. The van der Waals surface area contributed by atoms with Crippen molar-refractivity contribution in [1.29, 1.82) is 0 Å².